The van der Waals surface area contributed by atoms with Gasteiger partial charge in [0.25, 0.3) is 5.91 Å². The van der Waals surface area contributed by atoms with Gasteiger partial charge in [-0.15, -0.1) is 20.4 Å². The molecule has 2 amide bonds. The number of carbonyl (C=O) groups excluding carboxylic acids is 2. The van der Waals surface area contributed by atoms with Crippen LogP contribution in [0.15, 0.2) is 47.6 Å². The molecule has 2 aromatic heterocycles. The largest absolute Gasteiger partial charge is 0.345 e. The number of thioether (sulfide) groups is 1. The van der Waals surface area contributed by atoms with E-state index in [4.69, 9.17) is 23.2 Å². The predicted molar refractivity (Wildman–Crippen MR) is 133 cm³/mol. The number of rotatable bonds is 8. The van der Waals surface area contributed by atoms with Crippen molar-refractivity contribution in [3.8, 4) is 5.69 Å². The van der Waals surface area contributed by atoms with Crippen molar-refractivity contribution >= 4 is 63.2 Å². The molecule has 0 atom stereocenters. The van der Waals surface area contributed by atoms with Crippen molar-refractivity contribution in [1.29, 1.82) is 0 Å². The summed E-state index contributed by atoms with van der Waals surface area (Å²) in [5.74, 6) is -1.18. The maximum Gasteiger partial charge on any atom is 0.254 e. The molecular formula is C21H16Cl2FN7O2S2. The second-order valence-electron chi connectivity index (χ2n) is 6.96. The third kappa shape index (κ3) is 6.14. The zero-order valence-electron chi connectivity index (χ0n) is 18.0. The molecule has 0 spiro atoms. The number of aryl methyl sites for hydroxylation is 1. The zero-order valence-corrected chi connectivity index (χ0v) is 21.1. The molecular weight excluding hydrogens is 536 g/mol. The van der Waals surface area contributed by atoms with E-state index in [2.05, 4.69) is 31.0 Å². The minimum absolute atomic E-state index is 0.0136. The van der Waals surface area contributed by atoms with Gasteiger partial charge in [-0.1, -0.05) is 58.4 Å². The zero-order chi connectivity index (χ0) is 24.9. The Morgan fingerprint density at radius 3 is 2.60 bits per heavy atom. The van der Waals surface area contributed by atoms with Gasteiger partial charge >= 0.3 is 0 Å². The summed E-state index contributed by atoms with van der Waals surface area (Å²) in [5.41, 5.74) is 0.480. The monoisotopic (exact) mass is 551 g/mol. The summed E-state index contributed by atoms with van der Waals surface area (Å²) in [6, 6.07) is 10.6. The fourth-order valence-electron chi connectivity index (χ4n) is 2.92. The van der Waals surface area contributed by atoms with Crippen LogP contribution in [-0.2, 0) is 11.3 Å². The van der Waals surface area contributed by atoms with Crippen molar-refractivity contribution in [2.24, 2.45) is 0 Å². The van der Waals surface area contributed by atoms with Crippen LogP contribution in [0.1, 0.15) is 21.2 Å². The summed E-state index contributed by atoms with van der Waals surface area (Å²) in [5, 5.41) is 23.5. The van der Waals surface area contributed by atoms with Crippen molar-refractivity contribution in [1.82, 2.24) is 30.3 Å². The molecule has 0 unspecified atom stereocenters. The molecule has 4 rings (SSSR count). The molecule has 0 fully saturated rings. The minimum Gasteiger partial charge on any atom is -0.345 e. The maximum atomic E-state index is 14.0. The smallest absolute Gasteiger partial charge is 0.254 e. The topological polar surface area (TPSA) is 115 Å². The van der Waals surface area contributed by atoms with E-state index in [0.29, 0.717) is 31.8 Å². The Labute approximate surface area is 217 Å². The van der Waals surface area contributed by atoms with Crippen LogP contribution in [0.25, 0.3) is 5.69 Å². The van der Waals surface area contributed by atoms with Crippen LogP contribution in [0.3, 0.4) is 0 Å². The van der Waals surface area contributed by atoms with E-state index in [1.807, 2.05) is 0 Å². The minimum atomic E-state index is -0.635. The van der Waals surface area contributed by atoms with Gasteiger partial charge in [-0.25, -0.2) is 4.39 Å². The Balaban J connectivity index is 1.54. The van der Waals surface area contributed by atoms with E-state index < -0.39 is 11.7 Å². The lowest BCUT2D eigenvalue weighted by Crippen LogP contribution is -2.25. The van der Waals surface area contributed by atoms with E-state index in [1.165, 1.54) is 29.5 Å². The quantitative estimate of drug-likeness (QED) is 0.309. The highest BCUT2D eigenvalue weighted by Gasteiger charge is 2.19. The fraction of sp³-hybridized carbons (Fsp3) is 0.143. The highest BCUT2D eigenvalue weighted by Crippen LogP contribution is 2.28. The molecule has 4 aromatic rings. The summed E-state index contributed by atoms with van der Waals surface area (Å²) >= 11 is 14.6. The summed E-state index contributed by atoms with van der Waals surface area (Å²) in [6.07, 6.45) is 0. The average molecular weight is 552 g/mol. The third-order valence-corrected chi connectivity index (χ3v) is 6.91. The van der Waals surface area contributed by atoms with Gasteiger partial charge in [0.05, 0.1) is 33.6 Å². The van der Waals surface area contributed by atoms with E-state index in [0.717, 1.165) is 16.8 Å². The molecule has 0 saturated heterocycles. The van der Waals surface area contributed by atoms with Gasteiger partial charge in [-0.2, -0.15) is 0 Å². The number of anilines is 1. The molecule has 0 aliphatic carbocycles. The van der Waals surface area contributed by atoms with Crippen LogP contribution in [0.5, 0.6) is 0 Å². The van der Waals surface area contributed by atoms with Gasteiger partial charge in [-0.05, 0) is 37.3 Å². The van der Waals surface area contributed by atoms with Gasteiger partial charge in [0.2, 0.25) is 11.0 Å². The maximum absolute atomic E-state index is 14.0. The molecule has 0 aliphatic rings. The Hall–Kier alpha value is -3.06. The first kappa shape index (κ1) is 25.0. The van der Waals surface area contributed by atoms with Gasteiger partial charge in [0.15, 0.2) is 11.0 Å². The molecule has 0 radical (unpaired) electrons. The third-order valence-electron chi connectivity index (χ3n) is 4.49. The molecule has 0 aliphatic heterocycles. The second-order valence-corrected chi connectivity index (χ2v) is 9.90. The first-order valence-corrected chi connectivity index (χ1v) is 12.5. The van der Waals surface area contributed by atoms with E-state index in [-0.39, 0.29) is 23.8 Å². The van der Waals surface area contributed by atoms with Crippen molar-refractivity contribution in [3.05, 3.63) is 74.7 Å². The van der Waals surface area contributed by atoms with Crippen molar-refractivity contribution in [2.75, 3.05) is 11.1 Å². The number of carbonyl (C=O) groups is 2. The van der Waals surface area contributed by atoms with Gasteiger partial charge in [0, 0.05) is 0 Å². The predicted octanol–water partition coefficient (Wildman–Crippen LogP) is 4.53. The van der Waals surface area contributed by atoms with Gasteiger partial charge < -0.3 is 5.32 Å². The molecule has 35 heavy (non-hydrogen) atoms. The lowest BCUT2D eigenvalue weighted by molar-refractivity contribution is -0.113. The van der Waals surface area contributed by atoms with Crippen LogP contribution in [0, 0.1) is 12.7 Å². The number of nitrogens with one attached hydrogen (secondary N) is 2. The number of nitrogens with zero attached hydrogens (tertiary/aromatic N) is 5. The molecule has 0 saturated carbocycles. The summed E-state index contributed by atoms with van der Waals surface area (Å²) in [4.78, 5) is 24.8. The molecule has 14 heteroatoms. The van der Waals surface area contributed by atoms with Crippen LogP contribution in [-0.4, -0.2) is 42.5 Å². The number of hydrogen-bond donors (Lipinski definition) is 2. The second kappa shape index (κ2) is 11.1. The number of aromatic nitrogens is 5. The van der Waals surface area contributed by atoms with E-state index >= 15 is 0 Å². The molecule has 2 N–H and O–H groups in total. The van der Waals surface area contributed by atoms with Crippen LogP contribution < -0.4 is 10.6 Å². The summed E-state index contributed by atoms with van der Waals surface area (Å²) in [6.45, 7) is 1.73. The Kier molecular flexibility index (Phi) is 7.96. The molecule has 2 heterocycles. The number of hydrogen-bond acceptors (Lipinski definition) is 8. The standard InChI is InChI=1S/C21H16Cl2FN7O2S2/c1-11-27-29-20(35-11)26-18(32)10-34-21-30-28-17(31(21)12-6-7-14(22)15(23)8-12)9-25-19(33)13-4-2-3-5-16(13)24/h2-8H,9-10H2,1H3,(H,25,33)(H,26,29,32). The lowest BCUT2D eigenvalue weighted by atomic mass is 10.2. The van der Waals surface area contributed by atoms with Crippen molar-refractivity contribution < 1.29 is 14.0 Å². The lowest BCUT2D eigenvalue weighted by Gasteiger charge is -2.12. The number of benzene rings is 2. The highest BCUT2D eigenvalue weighted by molar-refractivity contribution is 7.99. The van der Waals surface area contributed by atoms with Crippen molar-refractivity contribution in [2.45, 2.75) is 18.6 Å². The van der Waals surface area contributed by atoms with E-state index in [1.54, 1.807) is 35.8 Å². The van der Waals surface area contributed by atoms with Crippen LogP contribution in [0.4, 0.5) is 9.52 Å². The Morgan fingerprint density at radius 2 is 1.89 bits per heavy atom. The Bertz CT molecular complexity index is 1400. The molecule has 0 bridgehead atoms. The summed E-state index contributed by atoms with van der Waals surface area (Å²) in [7, 11) is 0. The van der Waals surface area contributed by atoms with Gasteiger partial charge in [-0.3, -0.25) is 19.5 Å². The normalized spacial score (nSPS) is 10.9. The van der Waals surface area contributed by atoms with Crippen molar-refractivity contribution in [3.63, 3.8) is 0 Å². The molecule has 9 nitrogen and oxygen atoms in total. The fourth-order valence-corrected chi connectivity index (χ4v) is 4.60. The molecule has 180 valence electrons. The van der Waals surface area contributed by atoms with Crippen LogP contribution >= 0.6 is 46.3 Å². The van der Waals surface area contributed by atoms with E-state index in [9.17, 15) is 14.0 Å². The average Bonchev–Trinajstić information content (AvgIpc) is 3.43. The first-order valence-electron chi connectivity index (χ1n) is 9.97. The molecule has 2 aromatic carbocycles. The summed E-state index contributed by atoms with van der Waals surface area (Å²) < 4.78 is 15.6. The van der Waals surface area contributed by atoms with Gasteiger partial charge in [0.1, 0.15) is 10.8 Å². The first-order chi connectivity index (χ1) is 16.8. The van der Waals surface area contributed by atoms with Crippen LogP contribution in [0.2, 0.25) is 10.0 Å². The number of halogens is 3. The highest BCUT2D eigenvalue weighted by atomic mass is 35.5. The number of amides is 2. The SMILES string of the molecule is Cc1nnc(NC(=O)CSc2nnc(CNC(=O)c3ccccc3F)n2-c2ccc(Cl)c(Cl)c2)s1. The Morgan fingerprint density at radius 1 is 1.09 bits per heavy atom.